The second kappa shape index (κ2) is 4.32. The van der Waals surface area contributed by atoms with Crippen molar-refractivity contribution in [2.24, 2.45) is 0 Å². The summed E-state index contributed by atoms with van der Waals surface area (Å²) in [7, 11) is 0. The number of hydrogen-bond acceptors (Lipinski definition) is 2. The highest BCUT2D eigenvalue weighted by atomic mass is 35.5. The number of hydrogen-bond donors (Lipinski definition) is 1. The average molecular weight is 253 g/mol. The van der Waals surface area contributed by atoms with Crippen molar-refractivity contribution in [2.75, 3.05) is 5.73 Å². The van der Waals surface area contributed by atoms with Crippen molar-refractivity contribution in [2.45, 2.75) is 6.92 Å². The van der Waals surface area contributed by atoms with Gasteiger partial charge in [0.05, 0.1) is 10.0 Å². The molecule has 1 heterocycles. The summed E-state index contributed by atoms with van der Waals surface area (Å²) in [4.78, 5) is 4.07. The second-order valence-electron chi connectivity index (χ2n) is 3.52. The number of nitrogens with two attached hydrogens (primary N) is 1. The molecular formula is C12H10Cl2N2. The molecule has 0 fully saturated rings. The summed E-state index contributed by atoms with van der Waals surface area (Å²) in [5, 5.41) is 1.05. The minimum Gasteiger partial charge on any atom is -0.383 e. The first-order valence-corrected chi connectivity index (χ1v) is 5.51. The number of halogens is 2. The zero-order chi connectivity index (χ0) is 11.7. The van der Waals surface area contributed by atoms with Crippen molar-refractivity contribution in [1.29, 1.82) is 0 Å². The van der Waals surface area contributed by atoms with Gasteiger partial charge >= 0.3 is 0 Å². The third-order valence-electron chi connectivity index (χ3n) is 2.40. The van der Waals surface area contributed by atoms with Crippen molar-refractivity contribution < 1.29 is 0 Å². The number of rotatable bonds is 1. The highest BCUT2D eigenvalue weighted by molar-refractivity contribution is 6.42. The molecule has 0 saturated carbocycles. The van der Waals surface area contributed by atoms with Gasteiger partial charge in [-0.2, -0.15) is 0 Å². The predicted octanol–water partition coefficient (Wildman–Crippen LogP) is 3.95. The molecule has 2 aromatic rings. The van der Waals surface area contributed by atoms with Crippen LogP contribution in [0.2, 0.25) is 10.0 Å². The van der Waals surface area contributed by atoms with Crippen LogP contribution in [0, 0.1) is 6.92 Å². The van der Waals surface area contributed by atoms with Crippen molar-refractivity contribution >= 4 is 29.0 Å². The van der Waals surface area contributed by atoms with Crippen LogP contribution in [0.5, 0.6) is 0 Å². The number of nitrogens with zero attached hydrogens (tertiary/aromatic N) is 1. The second-order valence-corrected chi connectivity index (χ2v) is 4.33. The summed E-state index contributed by atoms with van der Waals surface area (Å²) in [6.07, 6.45) is 1.69. The molecular weight excluding hydrogens is 243 g/mol. The van der Waals surface area contributed by atoms with E-state index in [4.69, 9.17) is 28.9 Å². The van der Waals surface area contributed by atoms with Gasteiger partial charge in [0.2, 0.25) is 0 Å². The summed E-state index contributed by atoms with van der Waals surface area (Å²) in [6, 6.07) is 7.35. The van der Waals surface area contributed by atoms with Gasteiger partial charge in [-0.25, -0.2) is 4.98 Å². The smallest absolute Gasteiger partial charge is 0.131 e. The molecule has 1 aromatic heterocycles. The molecule has 0 aliphatic heterocycles. The first-order valence-electron chi connectivity index (χ1n) is 4.76. The Balaban J connectivity index is 2.63. The summed E-state index contributed by atoms with van der Waals surface area (Å²) in [6.45, 7) is 1.98. The first kappa shape index (κ1) is 11.2. The molecule has 2 nitrogen and oxygen atoms in total. The molecule has 0 aliphatic rings. The van der Waals surface area contributed by atoms with Crippen LogP contribution < -0.4 is 5.73 Å². The molecule has 0 saturated heterocycles. The normalized spacial score (nSPS) is 10.4. The third-order valence-corrected chi connectivity index (χ3v) is 3.14. The van der Waals surface area contributed by atoms with E-state index in [1.165, 1.54) is 0 Å². The van der Waals surface area contributed by atoms with Gasteiger partial charge < -0.3 is 5.73 Å². The molecule has 0 aliphatic carbocycles. The Morgan fingerprint density at radius 1 is 1.12 bits per heavy atom. The lowest BCUT2D eigenvalue weighted by Crippen LogP contribution is -1.96. The average Bonchev–Trinajstić information content (AvgIpc) is 2.23. The van der Waals surface area contributed by atoms with E-state index in [0.29, 0.717) is 15.9 Å². The summed E-state index contributed by atoms with van der Waals surface area (Å²) >= 11 is 11.8. The molecule has 82 valence electrons. The van der Waals surface area contributed by atoms with Crippen LogP contribution in [0.15, 0.2) is 30.5 Å². The van der Waals surface area contributed by atoms with Gasteiger partial charge in [-0.1, -0.05) is 29.3 Å². The van der Waals surface area contributed by atoms with E-state index in [2.05, 4.69) is 4.98 Å². The lowest BCUT2D eigenvalue weighted by molar-refractivity contribution is 1.29. The quantitative estimate of drug-likeness (QED) is 0.835. The van der Waals surface area contributed by atoms with Crippen LogP contribution in [0.25, 0.3) is 11.1 Å². The van der Waals surface area contributed by atoms with Crippen LogP contribution in [0.4, 0.5) is 5.82 Å². The summed E-state index contributed by atoms with van der Waals surface area (Å²) in [5.41, 5.74) is 8.75. The Labute approximate surface area is 104 Å². The fourth-order valence-corrected chi connectivity index (χ4v) is 1.90. The van der Waals surface area contributed by atoms with E-state index in [1.54, 1.807) is 18.3 Å². The fraction of sp³-hybridized carbons (Fsp3) is 0.0833. The largest absolute Gasteiger partial charge is 0.383 e. The number of pyridine rings is 1. The van der Waals surface area contributed by atoms with Crippen molar-refractivity contribution in [3.05, 3.63) is 46.1 Å². The summed E-state index contributed by atoms with van der Waals surface area (Å²) in [5.74, 6) is 0.499. The first-order chi connectivity index (χ1) is 7.59. The molecule has 2 N–H and O–H groups in total. The molecule has 0 radical (unpaired) electrons. The van der Waals surface area contributed by atoms with Crippen LogP contribution in [-0.4, -0.2) is 4.98 Å². The topological polar surface area (TPSA) is 38.9 Å². The van der Waals surface area contributed by atoms with Gasteiger partial charge in [-0.15, -0.1) is 0 Å². The lowest BCUT2D eigenvalue weighted by atomic mass is 10.0. The van der Waals surface area contributed by atoms with Gasteiger partial charge in [0.25, 0.3) is 0 Å². The van der Waals surface area contributed by atoms with Gasteiger partial charge in [-0.3, -0.25) is 0 Å². The fourth-order valence-electron chi connectivity index (χ4n) is 1.61. The van der Waals surface area contributed by atoms with Crippen molar-refractivity contribution in [3.63, 3.8) is 0 Å². The maximum Gasteiger partial charge on any atom is 0.131 e. The van der Waals surface area contributed by atoms with Crippen LogP contribution in [-0.2, 0) is 0 Å². The lowest BCUT2D eigenvalue weighted by Gasteiger charge is -2.09. The van der Waals surface area contributed by atoms with E-state index in [1.807, 2.05) is 19.1 Å². The van der Waals surface area contributed by atoms with Crippen molar-refractivity contribution in [3.8, 4) is 11.1 Å². The van der Waals surface area contributed by atoms with Crippen LogP contribution in [0.3, 0.4) is 0 Å². The molecule has 2 rings (SSSR count). The maximum absolute atomic E-state index is 5.98. The Morgan fingerprint density at radius 3 is 2.50 bits per heavy atom. The number of benzene rings is 1. The molecule has 1 aromatic carbocycles. The van der Waals surface area contributed by atoms with E-state index in [-0.39, 0.29) is 0 Å². The van der Waals surface area contributed by atoms with Gasteiger partial charge in [0.1, 0.15) is 5.82 Å². The monoisotopic (exact) mass is 252 g/mol. The summed E-state index contributed by atoms with van der Waals surface area (Å²) < 4.78 is 0. The molecule has 0 atom stereocenters. The molecule has 0 unspecified atom stereocenters. The predicted molar refractivity (Wildman–Crippen MR) is 68.8 cm³/mol. The molecule has 0 amide bonds. The van der Waals surface area contributed by atoms with Crippen LogP contribution in [0.1, 0.15) is 5.56 Å². The molecule has 16 heavy (non-hydrogen) atoms. The third kappa shape index (κ3) is 1.99. The Hall–Kier alpha value is -1.25. The minimum atomic E-state index is 0.499. The number of nitrogen functional groups attached to an aromatic ring is 1. The van der Waals surface area contributed by atoms with Crippen molar-refractivity contribution in [1.82, 2.24) is 4.98 Å². The van der Waals surface area contributed by atoms with Gasteiger partial charge in [0, 0.05) is 11.8 Å². The van der Waals surface area contributed by atoms with E-state index < -0.39 is 0 Å². The highest BCUT2D eigenvalue weighted by Crippen LogP contribution is 2.32. The number of aromatic nitrogens is 1. The SMILES string of the molecule is Cc1ccnc(N)c1-c1ccc(Cl)c(Cl)c1. The van der Waals surface area contributed by atoms with Crippen LogP contribution >= 0.6 is 23.2 Å². The van der Waals surface area contributed by atoms with E-state index >= 15 is 0 Å². The maximum atomic E-state index is 5.98. The Kier molecular flexibility index (Phi) is 3.03. The van der Waals surface area contributed by atoms with Gasteiger partial charge in [0.15, 0.2) is 0 Å². The molecule has 0 bridgehead atoms. The van der Waals surface area contributed by atoms with E-state index in [9.17, 15) is 0 Å². The Morgan fingerprint density at radius 2 is 1.88 bits per heavy atom. The van der Waals surface area contributed by atoms with Gasteiger partial charge in [-0.05, 0) is 36.2 Å². The molecule has 0 spiro atoms. The Bertz CT molecular complexity index is 518. The molecule has 4 heteroatoms. The van der Waals surface area contributed by atoms with E-state index in [0.717, 1.165) is 16.7 Å². The zero-order valence-electron chi connectivity index (χ0n) is 8.67. The number of anilines is 1. The number of aryl methyl sites for hydroxylation is 1. The highest BCUT2D eigenvalue weighted by Gasteiger charge is 2.08. The standard InChI is InChI=1S/C12H10Cl2N2/c1-7-4-5-16-12(15)11(7)8-2-3-9(13)10(14)6-8/h2-6H,1H3,(H2,15,16). The minimum absolute atomic E-state index is 0.499. The zero-order valence-corrected chi connectivity index (χ0v) is 10.2.